The average molecular weight is 390 g/mol. The van der Waals surface area contributed by atoms with Gasteiger partial charge in [-0.2, -0.15) is 0 Å². The lowest BCUT2D eigenvalue weighted by Gasteiger charge is -2.21. The van der Waals surface area contributed by atoms with Gasteiger partial charge in [-0.1, -0.05) is 26.1 Å². The minimum absolute atomic E-state index is 0.0404. The summed E-state index contributed by atoms with van der Waals surface area (Å²) in [5.41, 5.74) is 0.879. The predicted octanol–water partition coefficient (Wildman–Crippen LogP) is 3.18. The molecule has 0 unspecified atom stereocenters. The number of nitrogens with zero attached hydrogens (tertiary/aromatic N) is 2. The zero-order valence-corrected chi connectivity index (χ0v) is 16.8. The molecule has 0 saturated carbocycles. The van der Waals surface area contributed by atoms with Crippen LogP contribution in [0, 0.1) is 10.6 Å². The Balaban J connectivity index is 2.15. The number of nitrogens with one attached hydrogen (secondary N) is 3. The molecule has 1 atom stereocenters. The van der Waals surface area contributed by atoms with Crippen molar-refractivity contribution < 1.29 is 9.53 Å². The van der Waals surface area contributed by atoms with E-state index >= 15 is 0 Å². The molecule has 0 aromatic carbocycles. The zero-order chi connectivity index (χ0) is 19.6. The molecule has 2 heterocycles. The number of aromatic amines is 1. The first kappa shape index (κ1) is 21.0. The topological polar surface area (TPSA) is 91.9 Å². The maximum Gasteiger partial charge on any atom is 0.242 e. The Bertz CT molecular complexity index is 779. The van der Waals surface area contributed by atoms with E-state index in [-0.39, 0.29) is 11.9 Å². The molecule has 0 spiro atoms. The second-order valence-electron chi connectivity index (χ2n) is 6.68. The number of hydrogen-bond donors (Lipinski definition) is 3. The van der Waals surface area contributed by atoms with E-state index in [0.717, 1.165) is 12.0 Å². The molecule has 8 heteroatoms. The number of rotatable bonds is 10. The van der Waals surface area contributed by atoms with Crippen LogP contribution in [-0.4, -0.2) is 47.2 Å². The third kappa shape index (κ3) is 7.07. The Hall–Kier alpha value is -2.32. The number of carbonyl (C=O) groups is 1. The third-order valence-corrected chi connectivity index (χ3v) is 4.08. The van der Waals surface area contributed by atoms with E-state index < -0.39 is 0 Å². The Morgan fingerprint density at radius 2 is 2.07 bits per heavy atom. The Kier molecular flexibility index (Phi) is 8.35. The van der Waals surface area contributed by atoms with Gasteiger partial charge in [-0.05, 0) is 30.9 Å². The minimum Gasteiger partial charge on any atom is -0.385 e. The Morgan fingerprint density at radius 3 is 2.74 bits per heavy atom. The minimum atomic E-state index is -0.370. The number of aromatic nitrogens is 3. The van der Waals surface area contributed by atoms with Gasteiger partial charge in [0.1, 0.15) is 22.3 Å². The van der Waals surface area contributed by atoms with E-state index in [0.29, 0.717) is 41.8 Å². The van der Waals surface area contributed by atoms with Crippen molar-refractivity contribution in [3.8, 4) is 11.4 Å². The average Bonchev–Trinajstić information content (AvgIpc) is 2.64. The lowest BCUT2D eigenvalue weighted by Crippen LogP contribution is -2.41. The van der Waals surface area contributed by atoms with Crippen molar-refractivity contribution in [1.29, 1.82) is 0 Å². The highest BCUT2D eigenvalue weighted by molar-refractivity contribution is 7.71. The normalized spacial score (nSPS) is 12.0. The molecule has 3 N–H and O–H groups in total. The number of H-pyrrole nitrogens is 1. The van der Waals surface area contributed by atoms with E-state index in [1.54, 1.807) is 25.6 Å². The van der Waals surface area contributed by atoms with Crippen LogP contribution in [0.15, 0.2) is 30.6 Å². The van der Waals surface area contributed by atoms with Gasteiger partial charge in [-0.3, -0.25) is 9.78 Å². The molecule has 0 saturated heterocycles. The van der Waals surface area contributed by atoms with Crippen molar-refractivity contribution in [2.45, 2.75) is 32.7 Å². The first-order chi connectivity index (χ1) is 13.0. The second kappa shape index (κ2) is 10.7. The third-order valence-electron chi connectivity index (χ3n) is 3.87. The van der Waals surface area contributed by atoms with E-state index in [2.05, 4.69) is 39.4 Å². The van der Waals surface area contributed by atoms with E-state index in [1.807, 2.05) is 12.1 Å². The monoisotopic (exact) mass is 389 g/mol. The largest absolute Gasteiger partial charge is 0.385 e. The van der Waals surface area contributed by atoms with Crippen LogP contribution >= 0.6 is 12.2 Å². The van der Waals surface area contributed by atoms with Crippen molar-refractivity contribution in [3.05, 3.63) is 35.2 Å². The summed E-state index contributed by atoms with van der Waals surface area (Å²) in [5.74, 6) is 1.62. The van der Waals surface area contributed by atoms with Gasteiger partial charge in [0.25, 0.3) is 0 Å². The molecule has 2 aromatic heterocycles. The molecular weight excluding hydrogens is 362 g/mol. The Morgan fingerprint density at radius 1 is 1.33 bits per heavy atom. The number of carbonyl (C=O) groups excluding carboxylic acids is 1. The number of pyridine rings is 1. The number of hydrogen-bond acceptors (Lipinski definition) is 6. The fraction of sp³-hybridized carbons (Fsp3) is 0.474. The molecular formula is C19H27N5O2S. The summed E-state index contributed by atoms with van der Waals surface area (Å²) in [6.07, 6.45) is 4.87. The molecule has 0 aliphatic carbocycles. The van der Waals surface area contributed by atoms with Crippen LogP contribution in [0.3, 0.4) is 0 Å². The summed E-state index contributed by atoms with van der Waals surface area (Å²) in [7, 11) is 1.65. The van der Waals surface area contributed by atoms with Gasteiger partial charge < -0.3 is 20.4 Å². The quantitative estimate of drug-likeness (QED) is 0.427. The van der Waals surface area contributed by atoms with Crippen LogP contribution in [-0.2, 0) is 9.53 Å². The van der Waals surface area contributed by atoms with Crippen molar-refractivity contribution in [2.24, 2.45) is 5.92 Å². The molecule has 27 heavy (non-hydrogen) atoms. The second-order valence-corrected chi connectivity index (χ2v) is 7.10. The van der Waals surface area contributed by atoms with Crippen LogP contribution < -0.4 is 10.6 Å². The maximum absolute atomic E-state index is 12.6. The van der Waals surface area contributed by atoms with Crippen LogP contribution in [0.25, 0.3) is 11.4 Å². The SMILES string of the molecule is COCCCNC(=O)[C@H](CC(C)C)Nc1cc(=S)nc(-c2ccncc2)[nH]1. The van der Waals surface area contributed by atoms with Gasteiger partial charge in [0, 0.05) is 44.3 Å². The van der Waals surface area contributed by atoms with Crippen LogP contribution in [0.5, 0.6) is 0 Å². The van der Waals surface area contributed by atoms with Crippen LogP contribution in [0.1, 0.15) is 26.7 Å². The first-order valence-corrected chi connectivity index (χ1v) is 9.45. The molecule has 1 amide bonds. The summed E-state index contributed by atoms with van der Waals surface area (Å²) in [4.78, 5) is 24.2. The highest BCUT2D eigenvalue weighted by Crippen LogP contribution is 2.17. The van der Waals surface area contributed by atoms with Crippen LogP contribution in [0.4, 0.5) is 5.82 Å². The van der Waals surface area contributed by atoms with E-state index in [4.69, 9.17) is 17.0 Å². The van der Waals surface area contributed by atoms with Gasteiger partial charge in [0.2, 0.25) is 5.91 Å². The summed E-state index contributed by atoms with van der Waals surface area (Å²) in [6, 6.07) is 5.06. The zero-order valence-electron chi connectivity index (χ0n) is 16.0. The summed E-state index contributed by atoms with van der Waals surface area (Å²) in [6.45, 7) is 5.38. The number of anilines is 1. The first-order valence-electron chi connectivity index (χ1n) is 9.04. The van der Waals surface area contributed by atoms with Crippen molar-refractivity contribution >= 4 is 23.9 Å². The summed E-state index contributed by atoms with van der Waals surface area (Å²) in [5, 5.41) is 6.24. The number of ether oxygens (including phenoxy) is 1. The van der Waals surface area contributed by atoms with Gasteiger partial charge in [-0.15, -0.1) is 0 Å². The summed E-state index contributed by atoms with van der Waals surface area (Å²) < 4.78 is 5.47. The van der Waals surface area contributed by atoms with Crippen LogP contribution in [0.2, 0.25) is 0 Å². The highest BCUT2D eigenvalue weighted by Gasteiger charge is 2.20. The molecule has 2 aromatic rings. The molecule has 146 valence electrons. The summed E-state index contributed by atoms with van der Waals surface area (Å²) >= 11 is 5.29. The fourth-order valence-corrected chi connectivity index (χ4v) is 2.83. The highest BCUT2D eigenvalue weighted by atomic mass is 32.1. The molecule has 0 bridgehead atoms. The van der Waals surface area contributed by atoms with E-state index in [1.165, 1.54) is 0 Å². The van der Waals surface area contributed by atoms with Crippen molar-refractivity contribution in [1.82, 2.24) is 20.3 Å². The number of amides is 1. The lowest BCUT2D eigenvalue weighted by molar-refractivity contribution is -0.122. The molecule has 0 radical (unpaired) electrons. The number of methoxy groups -OCH3 is 1. The fourth-order valence-electron chi connectivity index (χ4n) is 2.62. The predicted molar refractivity (Wildman–Crippen MR) is 109 cm³/mol. The molecule has 0 aliphatic rings. The van der Waals surface area contributed by atoms with Gasteiger partial charge in [-0.25, -0.2) is 4.98 Å². The van der Waals surface area contributed by atoms with Gasteiger partial charge >= 0.3 is 0 Å². The molecule has 0 fully saturated rings. The standard InChI is InChI=1S/C19H27N5O2S/c1-13(2)11-15(19(25)21-7-4-10-26-3)22-16-12-17(27)24-18(23-16)14-5-8-20-9-6-14/h5-6,8-9,12-13,15H,4,7,10-11H2,1-3H3,(H,21,25)(H2,22,23,24,27)/t15-/m0/s1. The lowest BCUT2D eigenvalue weighted by atomic mass is 10.0. The van der Waals surface area contributed by atoms with Gasteiger partial charge in [0.15, 0.2) is 0 Å². The Labute approximate surface area is 165 Å². The molecule has 0 aliphatic heterocycles. The van der Waals surface area contributed by atoms with E-state index in [9.17, 15) is 4.79 Å². The van der Waals surface area contributed by atoms with Crippen molar-refractivity contribution in [3.63, 3.8) is 0 Å². The van der Waals surface area contributed by atoms with Gasteiger partial charge in [0.05, 0.1) is 0 Å². The maximum atomic E-state index is 12.6. The smallest absolute Gasteiger partial charge is 0.242 e. The van der Waals surface area contributed by atoms with Crippen molar-refractivity contribution in [2.75, 3.05) is 25.6 Å². The molecule has 7 nitrogen and oxygen atoms in total. The molecule has 2 rings (SSSR count).